The van der Waals surface area contributed by atoms with E-state index in [0.717, 1.165) is 25.9 Å². The fraction of sp³-hybridized carbons (Fsp3) is 0.917. The standard InChI is InChI=1S/C12H24N2O3/c1-10(15)9-13-6-7-14-12(16)5-4-11-3-2-8-17-11/h10-11,13,15H,2-9H2,1H3,(H,14,16). The quantitative estimate of drug-likeness (QED) is 0.527. The van der Waals surface area contributed by atoms with E-state index in [4.69, 9.17) is 9.84 Å². The van der Waals surface area contributed by atoms with Crippen molar-refractivity contribution in [3.8, 4) is 0 Å². The lowest BCUT2D eigenvalue weighted by Crippen LogP contribution is -2.34. The smallest absolute Gasteiger partial charge is 0.220 e. The molecule has 2 unspecified atom stereocenters. The molecule has 1 aliphatic rings. The molecule has 2 atom stereocenters. The molecule has 0 saturated carbocycles. The average molecular weight is 244 g/mol. The normalized spacial score (nSPS) is 21.4. The van der Waals surface area contributed by atoms with Crippen molar-refractivity contribution < 1.29 is 14.6 Å². The second kappa shape index (κ2) is 8.44. The molecule has 5 heteroatoms. The van der Waals surface area contributed by atoms with E-state index in [9.17, 15) is 4.79 Å². The highest BCUT2D eigenvalue weighted by Gasteiger charge is 2.16. The summed E-state index contributed by atoms with van der Waals surface area (Å²) in [5.74, 6) is 0.0827. The summed E-state index contributed by atoms with van der Waals surface area (Å²) in [4.78, 5) is 11.5. The molecule has 100 valence electrons. The van der Waals surface area contributed by atoms with E-state index in [1.807, 2.05) is 0 Å². The molecular weight excluding hydrogens is 220 g/mol. The maximum atomic E-state index is 11.5. The number of carbonyl (C=O) groups is 1. The molecule has 1 amide bonds. The average Bonchev–Trinajstić information content (AvgIpc) is 2.78. The first kappa shape index (κ1) is 14.4. The Morgan fingerprint density at radius 1 is 1.53 bits per heavy atom. The summed E-state index contributed by atoms with van der Waals surface area (Å²) < 4.78 is 5.45. The lowest BCUT2D eigenvalue weighted by Gasteiger charge is -2.10. The van der Waals surface area contributed by atoms with Crippen molar-refractivity contribution in [3.63, 3.8) is 0 Å². The van der Waals surface area contributed by atoms with Crippen LogP contribution in [0.2, 0.25) is 0 Å². The summed E-state index contributed by atoms with van der Waals surface area (Å²) in [7, 11) is 0. The predicted octanol–water partition coefficient (Wildman–Crippen LogP) is 0.0322. The van der Waals surface area contributed by atoms with E-state index in [0.29, 0.717) is 26.1 Å². The van der Waals surface area contributed by atoms with Crippen LogP contribution in [0.1, 0.15) is 32.6 Å². The van der Waals surface area contributed by atoms with E-state index >= 15 is 0 Å². The molecule has 0 aromatic rings. The fourth-order valence-electron chi connectivity index (χ4n) is 1.85. The highest BCUT2D eigenvalue weighted by Crippen LogP contribution is 2.16. The van der Waals surface area contributed by atoms with Crippen LogP contribution in [0, 0.1) is 0 Å². The van der Waals surface area contributed by atoms with Gasteiger partial charge in [0.1, 0.15) is 0 Å². The van der Waals surface area contributed by atoms with E-state index in [1.54, 1.807) is 6.92 Å². The summed E-state index contributed by atoms with van der Waals surface area (Å²) >= 11 is 0. The lowest BCUT2D eigenvalue weighted by atomic mass is 10.1. The Bertz CT molecular complexity index is 216. The Labute approximate surface area is 103 Å². The molecule has 1 fully saturated rings. The fourth-order valence-corrected chi connectivity index (χ4v) is 1.85. The molecule has 3 N–H and O–H groups in total. The van der Waals surface area contributed by atoms with Crippen LogP contribution >= 0.6 is 0 Å². The molecule has 0 bridgehead atoms. The number of aliphatic hydroxyl groups excluding tert-OH is 1. The summed E-state index contributed by atoms with van der Waals surface area (Å²) in [5, 5.41) is 14.9. The van der Waals surface area contributed by atoms with Gasteiger partial charge in [0.15, 0.2) is 0 Å². The number of carbonyl (C=O) groups excluding carboxylic acids is 1. The molecule has 5 nitrogen and oxygen atoms in total. The Morgan fingerprint density at radius 2 is 2.35 bits per heavy atom. The van der Waals surface area contributed by atoms with Crippen molar-refractivity contribution >= 4 is 5.91 Å². The van der Waals surface area contributed by atoms with E-state index in [-0.39, 0.29) is 18.1 Å². The zero-order valence-electron chi connectivity index (χ0n) is 10.6. The van der Waals surface area contributed by atoms with Gasteiger partial charge in [-0.15, -0.1) is 0 Å². The number of amides is 1. The van der Waals surface area contributed by atoms with Crippen LogP contribution < -0.4 is 10.6 Å². The van der Waals surface area contributed by atoms with Crippen molar-refractivity contribution in [2.45, 2.75) is 44.8 Å². The third-order valence-electron chi connectivity index (χ3n) is 2.78. The number of aliphatic hydroxyl groups is 1. The molecule has 1 rings (SSSR count). The monoisotopic (exact) mass is 244 g/mol. The number of ether oxygens (including phenoxy) is 1. The molecule has 1 saturated heterocycles. The van der Waals surface area contributed by atoms with Crippen LogP contribution in [0.4, 0.5) is 0 Å². The first-order valence-corrected chi connectivity index (χ1v) is 6.45. The summed E-state index contributed by atoms with van der Waals surface area (Å²) in [6, 6.07) is 0. The third kappa shape index (κ3) is 7.31. The van der Waals surface area contributed by atoms with Gasteiger partial charge in [-0.3, -0.25) is 4.79 Å². The Morgan fingerprint density at radius 3 is 3.00 bits per heavy atom. The molecule has 0 aromatic heterocycles. The molecular formula is C12H24N2O3. The predicted molar refractivity (Wildman–Crippen MR) is 65.8 cm³/mol. The van der Waals surface area contributed by atoms with E-state index < -0.39 is 0 Å². The van der Waals surface area contributed by atoms with Gasteiger partial charge in [-0.05, 0) is 26.2 Å². The first-order valence-electron chi connectivity index (χ1n) is 6.45. The van der Waals surface area contributed by atoms with Gasteiger partial charge < -0.3 is 20.5 Å². The number of hydrogen-bond acceptors (Lipinski definition) is 4. The van der Waals surface area contributed by atoms with Crippen molar-refractivity contribution in [2.75, 3.05) is 26.2 Å². The summed E-state index contributed by atoms with van der Waals surface area (Å²) in [6.45, 7) is 4.43. The molecule has 0 aliphatic carbocycles. The van der Waals surface area contributed by atoms with Crippen molar-refractivity contribution in [1.82, 2.24) is 10.6 Å². The molecule has 0 spiro atoms. The van der Waals surface area contributed by atoms with Gasteiger partial charge in [-0.1, -0.05) is 0 Å². The van der Waals surface area contributed by atoms with E-state index in [2.05, 4.69) is 10.6 Å². The topological polar surface area (TPSA) is 70.6 Å². The van der Waals surface area contributed by atoms with Gasteiger partial charge in [0.05, 0.1) is 12.2 Å². The highest BCUT2D eigenvalue weighted by molar-refractivity contribution is 5.75. The molecule has 1 heterocycles. The zero-order valence-corrected chi connectivity index (χ0v) is 10.6. The van der Waals surface area contributed by atoms with Crippen molar-refractivity contribution in [2.24, 2.45) is 0 Å². The van der Waals surface area contributed by atoms with Gasteiger partial charge in [0.25, 0.3) is 0 Å². The Balaban J connectivity index is 1.90. The first-order chi connectivity index (χ1) is 8.18. The SMILES string of the molecule is CC(O)CNCCNC(=O)CCC1CCCO1. The van der Waals surface area contributed by atoms with Crippen LogP contribution in [0.15, 0.2) is 0 Å². The molecule has 1 aliphatic heterocycles. The number of nitrogens with one attached hydrogen (secondary N) is 2. The van der Waals surface area contributed by atoms with Gasteiger partial charge in [-0.2, -0.15) is 0 Å². The minimum absolute atomic E-state index is 0.0827. The largest absolute Gasteiger partial charge is 0.392 e. The second-order valence-electron chi connectivity index (χ2n) is 4.58. The zero-order chi connectivity index (χ0) is 12.5. The minimum atomic E-state index is -0.342. The molecule has 17 heavy (non-hydrogen) atoms. The Hall–Kier alpha value is -0.650. The minimum Gasteiger partial charge on any atom is -0.392 e. The summed E-state index contributed by atoms with van der Waals surface area (Å²) in [6.07, 6.45) is 3.52. The van der Waals surface area contributed by atoms with Gasteiger partial charge in [0, 0.05) is 32.7 Å². The van der Waals surface area contributed by atoms with Crippen LogP contribution in [-0.4, -0.2) is 49.5 Å². The van der Waals surface area contributed by atoms with Crippen LogP contribution in [-0.2, 0) is 9.53 Å². The maximum absolute atomic E-state index is 11.5. The Kier molecular flexibility index (Phi) is 7.16. The van der Waals surface area contributed by atoms with Gasteiger partial charge >= 0.3 is 0 Å². The van der Waals surface area contributed by atoms with Crippen molar-refractivity contribution in [3.05, 3.63) is 0 Å². The molecule has 0 aromatic carbocycles. The second-order valence-corrected chi connectivity index (χ2v) is 4.58. The van der Waals surface area contributed by atoms with Gasteiger partial charge in [-0.25, -0.2) is 0 Å². The van der Waals surface area contributed by atoms with Crippen molar-refractivity contribution in [1.29, 1.82) is 0 Å². The third-order valence-corrected chi connectivity index (χ3v) is 2.78. The number of rotatable bonds is 8. The lowest BCUT2D eigenvalue weighted by molar-refractivity contribution is -0.121. The van der Waals surface area contributed by atoms with E-state index in [1.165, 1.54) is 0 Å². The summed E-state index contributed by atoms with van der Waals surface area (Å²) in [5.41, 5.74) is 0. The highest BCUT2D eigenvalue weighted by atomic mass is 16.5. The van der Waals surface area contributed by atoms with Gasteiger partial charge in [0.2, 0.25) is 5.91 Å². The van der Waals surface area contributed by atoms with Crippen LogP contribution in [0.25, 0.3) is 0 Å². The number of hydrogen-bond donors (Lipinski definition) is 3. The van der Waals surface area contributed by atoms with Crippen LogP contribution in [0.3, 0.4) is 0 Å². The van der Waals surface area contributed by atoms with Crippen LogP contribution in [0.5, 0.6) is 0 Å². The maximum Gasteiger partial charge on any atom is 0.220 e. The molecule has 0 radical (unpaired) electrons.